The SMILES string of the molecule is Cc1[nH]c(-c2ccc(Oc3cccc(F)c3)cc2)nc1-c1ccc(Cl)cc1. The molecule has 3 nitrogen and oxygen atoms in total. The molecule has 0 saturated heterocycles. The van der Waals surface area contributed by atoms with Crippen LogP contribution >= 0.6 is 11.6 Å². The van der Waals surface area contributed by atoms with Crippen molar-refractivity contribution in [3.05, 3.63) is 89.3 Å². The van der Waals surface area contributed by atoms with E-state index in [0.29, 0.717) is 16.5 Å². The van der Waals surface area contributed by atoms with Gasteiger partial charge in [-0.2, -0.15) is 0 Å². The van der Waals surface area contributed by atoms with E-state index >= 15 is 0 Å². The van der Waals surface area contributed by atoms with Crippen LogP contribution in [0.4, 0.5) is 4.39 Å². The number of aromatic amines is 1. The maximum atomic E-state index is 13.3. The Balaban J connectivity index is 1.57. The fraction of sp³-hybridized carbons (Fsp3) is 0.0455. The number of ether oxygens (including phenoxy) is 1. The lowest BCUT2D eigenvalue weighted by molar-refractivity contribution is 0.477. The van der Waals surface area contributed by atoms with Crippen molar-refractivity contribution in [2.45, 2.75) is 6.92 Å². The third kappa shape index (κ3) is 3.86. The van der Waals surface area contributed by atoms with E-state index < -0.39 is 0 Å². The normalized spacial score (nSPS) is 10.8. The van der Waals surface area contributed by atoms with Crippen LogP contribution in [-0.2, 0) is 0 Å². The van der Waals surface area contributed by atoms with Crippen molar-refractivity contribution < 1.29 is 9.13 Å². The van der Waals surface area contributed by atoms with E-state index in [1.165, 1.54) is 12.1 Å². The second-order valence-corrected chi connectivity index (χ2v) is 6.59. The number of aryl methyl sites for hydroxylation is 1. The summed E-state index contributed by atoms with van der Waals surface area (Å²) in [7, 11) is 0. The molecule has 0 fully saturated rings. The molecule has 4 rings (SSSR count). The van der Waals surface area contributed by atoms with Crippen LogP contribution in [0.5, 0.6) is 11.5 Å². The highest BCUT2D eigenvalue weighted by molar-refractivity contribution is 6.30. The highest BCUT2D eigenvalue weighted by Crippen LogP contribution is 2.29. The molecular weight excluding hydrogens is 363 g/mol. The minimum absolute atomic E-state index is 0.329. The van der Waals surface area contributed by atoms with Gasteiger partial charge in [0.2, 0.25) is 0 Å². The van der Waals surface area contributed by atoms with Gasteiger partial charge in [-0.25, -0.2) is 9.37 Å². The summed E-state index contributed by atoms with van der Waals surface area (Å²) in [5, 5.41) is 0.695. The number of rotatable bonds is 4. The predicted octanol–water partition coefficient (Wildman–Crippen LogP) is 6.64. The van der Waals surface area contributed by atoms with Gasteiger partial charge < -0.3 is 9.72 Å². The second kappa shape index (κ2) is 7.25. The Morgan fingerprint density at radius 1 is 0.889 bits per heavy atom. The van der Waals surface area contributed by atoms with Gasteiger partial charge in [0.05, 0.1) is 5.69 Å². The van der Waals surface area contributed by atoms with E-state index in [2.05, 4.69) is 4.98 Å². The van der Waals surface area contributed by atoms with Gasteiger partial charge in [-0.3, -0.25) is 0 Å². The van der Waals surface area contributed by atoms with Crippen LogP contribution in [0.15, 0.2) is 72.8 Å². The molecule has 0 spiro atoms. The lowest BCUT2D eigenvalue weighted by atomic mass is 10.1. The number of H-pyrrole nitrogens is 1. The number of aromatic nitrogens is 2. The molecule has 0 bridgehead atoms. The van der Waals surface area contributed by atoms with E-state index in [1.807, 2.05) is 55.5 Å². The van der Waals surface area contributed by atoms with Crippen LogP contribution in [0.2, 0.25) is 5.02 Å². The van der Waals surface area contributed by atoms with Crippen molar-refractivity contribution in [3.63, 3.8) is 0 Å². The standard InChI is InChI=1S/C22H16ClFN2O/c1-14-21(15-5-9-17(23)10-6-15)26-22(25-14)16-7-11-19(12-8-16)27-20-4-2-3-18(24)13-20/h2-13H,1H3,(H,25,26). The molecule has 0 aliphatic carbocycles. The van der Waals surface area contributed by atoms with Gasteiger partial charge in [-0.1, -0.05) is 29.8 Å². The largest absolute Gasteiger partial charge is 0.457 e. The Hall–Kier alpha value is -3.11. The third-order valence-electron chi connectivity index (χ3n) is 4.16. The molecule has 1 aromatic heterocycles. The summed E-state index contributed by atoms with van der Waals surface area (Å²) in [4.78, 5) is 8.03. The number of hydrogen-bond acceptors (Lipinski definition) is 2. The zero-order chi connectivity index (χ0) is 18.8. The molecule has 0 aliphatic heterocycles. The first-order valence-corrected chi connectivity index (χ1v) is 8.83. The number of nitrogens with zero attached hydrogens (tertiary/aromatic N) is 1. The molecule has 0 saturated carbocycles. The summed E-state index contributed by atoms with van der Waals surface area (Å²) in [5.41, 5.74) is 3.81. The third-order valence-corrected chi connectivity index (χ3v) is 4.41. The van der Waals surface area contributed by atoms with Gasteiger partial charge in [0.1, 0.15) is 23.1 Å². The topological polar surface area (TPSA) is 37.9 Å². The van der Waals surface area contributed by atoms with E-state index in [4.69, 9.17) is 21.3 Å². The molecule has 27 heavy (non-hydrogen) atoms. The monoisotopic (exact) mass is 378 g/mol. The number of halogens is 2. The summed E-state index contributed by atoms with van der Waals surface area (Å²) >= 11 is 5.96. The van der Waals surface area contributed by atoms with Crippen molar-refractivity contribution in [1.29, 1.82) is 0 Å². The van der Waals surface area contributed by atoms with Gasteiger partial charge in [-0.05, 0) is 55.5 Å². The molecule has 0 unspecified atom stereocenters. The first-order chi connectivity index (χ1) is 13.1. The first-order valence-electron chi connectivity index (χ1n) is 8.45. The fourth-order valence-electron chi connectivity index (χ4n) is 2.83. The maximum absolute atomic E-state index is 13.3. The molecule has 134 valence electrons. The lowest BCUT2D eigenvalue weighted by Crippen LogP contribution is -1.86. The molecule has 4 aromatic rings. The number of nitrogens with one attached hydrogen (secondary N) is 1. The minimum atomic E-state index is -0.329. The lowest BCUT2D eigenvalue weighted by Gasteiger charge is -2.06. The molecule has 0 radical (unpaired) electrons. The zero-order valence-corrected chi connectivity index (χ0v) is 15.3. The average Bonchev–Trinajstić information content (AvgIpc) is 3.05. The van der Waals surface area contributed by atoms with Crippen molar-refractivity contribution in [3.8, 4) is 34.1 Å². The van der Waals surface area contributed by atoms with E-state index in [0.717, 1.165) is 28.3 Å². The minimum Gasteiger partial charge on any atom is -0.457 e. The highest BCUT2D eigenvalue weighted by Gasteiger charge is 2.11. The summed E-state index contributed by atoms with van der Waals surface area (Å²) < 4.78 is 18.9. The van der Waals surface area contributed by atoms with Crippen LogP contribution in [-0.4, -0.2) is 9.97 Å². The molecule has 0 atom stereocenters. The first kappa shape index (κ1) is 17.3. The van der Waals surface area contributed by atoms with Crippen LogP contribution in [0.3, 0.4) is 0 Å². The number of imidazole rings is 1. The Kier molecular flexibility index (Phi) is 4.65. The van der Waals surface area contributed by atoms with Crippen molar-refractivity contribution in [1.82, 2.24) is 9.97 Å². The van der Waals surface area contributed by atoms with Crippen molar-refractivity contribution >= 4 is 11.6 Å². The molecular formula is C22H16ClFN2O. The Labute approximate surface area is 161 Å². The molecule has 0 amide bonds. The zero-order valence-electron chi connectivity index (χ0n) is 14.5. The predicted molar refractivity (Wildman–Crippen MR) is 106 cm³/mol. The van der Waals surface area contributed by atoms with E-state index in [9.17, 15) is 4.39 Å². The molecule has 3 aromatic carbocycles. The van der Waals surface area contributed by atoms with Gasteiger partial charge in [0.25, 0.3) is 0 Å². The fourth-order valence-corrected chi connectivity index (χ4v) is 2.96. The Morgan fingerprint density at radius 2 is 1.59 bits per heavy atom. The number of benzene rings is 3. The smallest absolute Gasteiger partial charge is 0.138 e. The Morgan fingerprint density at radius 3 is 2.30 bits per heavy atom. The average molecular weight is 379 g/mol. The molecule has 5 heteroatoms. The van der Waals surface area contributed by atoms with Crippen molar-refractivity contribution in [2.24, 2.45) is 0 Å². The van der Waals surface area contributed by atoms with Crippen LogP contribution < -0.4 is 4.74 Å². The maximum Gasteiger partial charge on any atom is 0.138 e. The summed E-state index contributed by atoms with van der Waals surface area (Å²) in [6.07, 6.45) is 0. The number of hydrogen-bond donors (Lipinski definition) is 1. The quantitative estimate of drug-likeness (QED) is 0.432. The van der Waals surface area contributed by atoms with Gasteiger partial charge in [-0.15, -0.1) is 0 Å². The van der Waals surface area contributed by atoms with E-state index in [1.54, 1.807) is 12.1 Å². The van der Waals surface area contributed by atoms with Gasteiger partial charge in [0, 0.05) is 27.9 Å². The second-order valence-electron chi connectivity index (χ2n) is 6.15. The summed E-state index contributed by atoms with van der Waals surface area (Å²) in [5.74, 6) is 1.53. The van der Waals surface area contributed by atoms with Gasteiger partial charge >= 0.3 is 0 Å². The Bertz CT molecular complexity index is 1070. The van der Waals surface area contributed by atoms with Crippen LogP contribution in [0.25, 0.3) is 22.6 Å². The van der Waals surface area contributed by atoms with Crippen molar-refractivity contribution in [2.75, 3.05) is 0 Å². The van der Waals surface area contributed by atoms with Crippen LogP contribution in [0.1, 0.15) is 5.69 Å². The molecule has 0 aliphatic rings. The summed E-state index contributed by atoms with van der Waals surface area (Å²) in [6.45, 7) is 1.99. The molecule has 1 N–H and O–H groups in total. The van der Waals surface area contributed by atoms with E-state index in [-0.39, 0.29) is 5.82 Å². The summed E-state index contributed by atoms with van der Waals surface area (Å²) in [6, 6.07) is 21.2. The highest BCUT2D eigenvalue weighted by atomic mass is 35.5. The van der Waals surface area contributed by atoms with Crippen LogP contribution in [0, 0.1) is 12.7 Å². The molecule has 1 heterocycles. The van der Waals surface area contributed by atoms with Gasteiger partial charge in [0.15, 0.2) is 0 Å².